The number of nitrogens with zero attached hydrogens (tertiary/aromatic N) is 1. The highest BCUT2D eigenvalue weighted by atomic mass is 79.9. The first-order chi connectivity index (χ1) is 12.8. The van der Waals surface area contributed by atoms with E-state index in [9.17, 15) is 14.4 Å². The maximum Gasteiger partial charge on any atom is 0.340 e. The number of hydrogen-bond donors (Lipinski definition) is 2. The van der Waals surface area contributed by atoms with Crippen LogP contribution in [-0.4, -0.2) is 42.9 Å². The van der Waals surface area contributed by atoms with Gasteiger partial charge in [-0.1, -0.05) is 39.7 Å². The van der Waals surface area contributed by atoms with Gasteiger partial charge in [0.2, 0.25) is 5.91 Å². The van der Waals surface area contributed by atoms with Gasteiger partial charge in [0.05, 0.1) is 22.8 Å². The van der Waals surface area contributed by atoms with E-state index in [-0.39, 0.29) is 17.8 Å². The molecule has 27 heavy (non-hydrogen) atoms. The molecule has 0 heterocycles. The number of amides is 2. The van der Waals surface area contributed by atoms with Crippen molar-refractivity contribution in [3.05, 3.63) is 57.5 Å². The Morgan fingerprint density at radius 2 is 1.93 bits per heavy atom. The minimum Gasteiger partial charge on any atom is -0.452 e. The van der Waals surface area contributed by atoms with Crippen LogP contribution < -0.4 is 11.1 Å². The number of esters is 1. The fourth-order valence-electron chi connectivity index (χ4n) is 2.08. The number of para-hydroxylation sites is 1. The third-order valence-electron chi connectivity index (χ3n) is 3.52. The zero-order valence-corrected chi connectivity index (χ0v) is 16.7. The fourth-order valence-corrected chi connectivity index (χ4v) is 2.62. The average molecular weight is 455 g/mol. The largest absolute Gasteiger partial charge is 0.452 e. The number of nitrogens with one attached hydrogen (secondary N) is 1. The molecule has 0 saturated heterocycles. The first kappa shape index (κ1) is 20.7. The maximum absolute atomic E-state index is 12.1. The molecule has 0 saturated carbocycles. The predicted molar refractivity (Wildman–Crippen MR) is 107 cm³/mol. The zero-order chi connectivity index (χ0) is 20.0. The molecule has 0 aliphatic heterocycles. The summed E-state index contributed by atoms with van der Waals surface area (Å²) < 4.78 is 5.64. The number of likely N-dealkylation sites (N-methyl/N-ethyl adjacent to an activating group) is 1. The number of benzene rings is 2. The molecule has 0 bridgehead atoms. The number of nitrogen functional groups attached to an aromatic ring is 1. The summed E-state index contributed by atoms with van der Waals surface area (Å²) in [5, 5.41) is 3.00. The van der Waals surface area contributed by atoms with E-state index in [1.165, 1.54) is 13.1 Å². The number of ether oxygens (including phenoxy) is 1. The van der Waals surface area contributed by atoms with Gasteiger partial charge >= 0.3 is 5.97 Å². The van der Waals surface area contributed by atoms with Gasteiger partial charge < -0.3 is 20.7 Å². The van der Waals surface area contributed by atoms with Crippen LogP contribution in [0.3, 0.4) is 0 Å². The van der Waals surface area contributed by atoms with Gasteiger partial charge in [0.1, 0.15) is 0 Å². The summed E-state index contributed by atoms with van der Waals surface area (Å²) in [4.78, 5) is 37.3. The van der Waals surface area contributed by atoms with Crippen LogP contribution in [0.2, 0.25) is 5.02 Å². The molecule has 2 rings (SSSR count). The third-order valence-corrected chi connectivity index (χ3v) is 4.34. The molecule has 0 atom stereocenters. The highest BCUT2D eigenvalue weighted by Crippen LogP contribution is 2.20. The number of nitrogens with two attached hydrogens (primary N) is 1. The second-order valence-corrected chi connectivity index (χ2v) is 6.91. The van der Waals surface area contributed by atoms with Gasteiger partial charge in [-0.25, -0.2) is 4.79 Å². The van der Waals surface area contributed by atoms with Crippen LogP contribution in [0.4, 0.5) is 11.4 Å². The summed E-state index contributed by atoms with van der Waals surface area (Å²) >= 11 is 9.20. The summed E-state index contributed by atoms with van der Waals surface area (Å²) in [5.41, 5.74) is 6.56. The smallest absolute Gasteiger partial charge is 0.340 e. The second kappa shape index (κ2) is 9.38. The first-order valence-corrected chi connectivity index (χ1v) is 8.95. The molecule has 9 heteroatoms. The molecule has 142 valence electrons. The van der Waals surface area contributed by atoms with E-state index in [1.54, 1.807) is 36.4 Å². The number of carbonyl (C=O) groups excluding carboxylic acids is 3. The molecule has 2 aromatic carbocycles. The number of hydrogen-bond acceptors (Lipinski definition) is 5. The minimum atomic E-state index is -0.726. The van der Waals surface area contributed by atoms with Crippen LogP contribution in [-0.2, 0) is 14.3 Å². The molecule has 7 nitrogen and oxygen atoms in total. The fraction of sp³-hybridized carbons (Fsp3) is 0.167. The van der Waals surface area contributed by atoms with Crippen LogP contribution in [0.15, 0.2) is 46.9 Å². The van der Waals surface area contributed by atoms with Crippen molar-refractivity contribution in [1.29, 1.82) is 0 Å². The van der Waals surface area contributed by atoms with Crippen molar-refractivity contribution in [1.82, 2.24) is 4.90 Å². The molecular formula is C18H17BrClN3O4. The van der Waals surface area contributed by atoms with Gasteiger partial charge in [0, 0.05) is 17.2 Å². The van der Waals surface area contributed by atoms with Gasteiger partial charge in [0.15, 0.2) is 6.61 Å². The highest BCUT2D eigenvalue weighted by Gasteiger charge is 2.18. The Bertz CT molecular complexity index is 875. The number of anilines is 2. The van der Waals surface area contributed by atoms with E-state index < -0.39 is 24.4 Å². The van der Waals surface area contributed by atoms with Crippen molar-refractivity contribution < 1.29 is 19.1 Å². The number of halogens is 2. The van der Waals surface area contributed by atoms with Crippen molar-refractivity contribution in [2.75, 3.05) is 31.2 Å². The molecule has 0 aliphatic carbocycles. The Balaban J connectivity index is 1.86. The monoisotopic (exact) mass is 453 g/mol. The Kier molecular flexibility index (Phi) is 7.20. The maximum atomic E-state index is 12.1. The van der Waals surface area contributed by atoms with Crippen LogP contribution in [0.5, 0.6) is 0 Å². The number of rotatable bonds is 6. The van der Waals surface area contributed by atoms with E-state index in [1.807, 2.05) is 0 Å². The van der Waals surface area contributed by atoms with Crippen LogP contribution in [0.1, 0.15) is 10.4 Å². The lowest BCUT2D eigenvalue weighted by atomic mass is 10.2. The molecule has 0 aliphatic rings. The normalized spacial score (nSPS) is 10.2. The SMILES string of the molecule is CN(CC(=O)Nc1ccccc1Cl)C(=O)COC(=O)c1cc(Br)ccc1N. The number of carbonyl (C=O) groups is 3. The summed E-state index contributed by atoms with van der Waals surface area (Å²) in [6.45, 7) is -0.735. The lowest BCUT2D eigenvalue weighted by molar-refractivity contribution is -0.136. The Labute approximate surface area is 169 Å². The second-order valence-electron chi connectivity index (χ2n) is 5.59. The van der Waals surface area contributed by atoms with E-state index in [4.69, 9.17) is 22.1 Å². The van der Waals surface area contributed by atoms with Crippen LogP contribution in [0, 0.1) is 0 Å². The van der Waals surface area contributed by atoms with Crippen molar-refractivity contribution in [2.24, 2.45) is 0 Å². The summed E-state index contributed by atoms with van der Waals surface area (Å²) in [7, 11) is 1.43. The van der Waals surface area contributed by atoms with Gasteiger partial charge in [-0.05, 0) is 30.3 Å². The zero-order valence-electron chi connectivity index (χ0n) is 14.4. The minimum absolute atomic E-state index is 0.149. The molecule has 0 aromatic heterocycles. The quantitative estimate of drug-likeness (QED) is 0.516. The topological polar surface area (TPSA) is 102 Å². The lowest BCUT2D eigenvalue weighted by Gasteiger charge is -2.17. The Hall–Kier alpha value is -2.58. The first-order valence-electron chi connectivity index (χ1n) is 7.78. The Morgan fingerprint density at radius 1 is 1.22 bits per heavy atom. The predicted octanol–water partition coefficient (Wildman–Crippen LogP) is 2.94. The molecular weight excluding hydrogens is 438 g/mol. The van der Waals surface area contributed by atoms with E-state index in [0.29, 0.717) is 15.2 Å². The lowest BCUT2D eigenvalue weighted by Crippen LogP contribution is -2.37. The van der Waals surface area contributed by atoms with Gasteiger partial charge in [-0.3, -0.25) is 9.59 Å². The molecule has 0 radical (unpaired) electrons. The standard InChI is InChI=1S/C18H17BrClN3O4/c1-23(9-16(24)22-15-5-3-2-4-13(15)20)17(25)10-27-18(26)12-8-11(19)6-7-14(12)21/h2-8H,9-10,21H2,1H3,(H,22,24). The van der Waals surface area contributed by atoms with Crippen molar-refractivity contribution >= 4 is 56.7 Å². The van der Waals surface area contributed by atoms with E-state index >= 15 is 0 Å². The van der Waals surface area contributed by atoms with E-state index in [0.717, 1.165) is 4.90 Å². The van der Waals surface area contributed by atoms with E-state index in [2.05, 4.69) is 21.2 Å². The molecule has 0 fully saturated rings. The highest BCUT2D eigenvalue weighted by molar-refractivity contribution is 9.10. The molecule has 0 spiro atoms. The molecule has 2 amide bonds. The Morgan fingerprint density at radius 3 is 2.63 bits per heavy atom. The molecule has 3 N–H and O–H groups in total. The van der Waals surface area contributed by atoms with Crippen molar-refractivity contribution in [2.45, 2.75) is 0 Å². The van der Waals surface area contributed by atoms with Crippen molar-refractivity contribution in [3.63, 3.8) is 0 Å². The van der Waals surface area contributed by atoms with Gasteiger partial charge in [0.25, 0.3) is 5.91 Å². The van der Waals surface area contributed by atoms with Gasteiger partial charge in [-0.2, -0.15) is 0 Å². The summed E-state index contributed by atoms with van der Waals surface area (Å²) in [5.74, 6) is -1.69. The van der Waals surface area contributed by atoms with Crippen LogP contribution >= 0.6 is 27.5 Å². The molecule has 2 aromatic rings. The third kappa shape index (κ3) is 5.97. The van der Waals surface area contributed by atoms with Gasteiger partial charge in [-0.15, -0.1) is 0 Å². The summed E-state index contributed by atoms with van der Waals surface area (Å²) in [6.07, 6.45) is 0. The van der Waals surface area contributed by atoms with Crippen LogP contribution in [0.25, 0.3) is 0 Å². The molecule has 0 unspecified atom stereocenters. The average Bonchev–Trinajstić information content (AvgIpc) is 2.63. The summed E-state index contributed by atoms with van der Waals surface area (Å²) in [6, 6.07) is 11.5. The van der Waals surface area contributed by atoms with Crippen molar-refractivity contribution in [3.8, 4) is 0 Å².